The summed E-state index contributed by atoms with van der Waals surface area (Å²) in [5, 5.41) is 3.21. The second-order valence-corrected chi connectivity index (χ2v) is 2.82. The van der Waals surface area contributed by atoms with E-state index in [0.717, 1.165) is 19.5 Å². The molecule has 60 valence electrons. The van der Waals surface area contributed by atoms with Crippen LogP contribution in [0.5, 0.6) is 0 Å². The van der Waals surface area contributed by atoms with Crippen LogP contribution in [0.2, 0.25) is 0 Å². The maximum atomic E-state index is 11.1. The SMILES string of the molecule is O=c1[nH]ccn1C1CCNC1. The molecule has 2 heterocycles. The van der Waals surface area contributed by atoms with Gasteiger partial charge in [0.2, 0.25) is 0 Å². The van der Waals surface area contributed by atoms with Gasteiger partial charge in [0, 0.05) is 18.9 Å². The van der Waals surface area contributed by atoms with Crippen LogP contribution < -0.4 is 11.0 Å². The standard InChI is InChI=1S/C7H11N3O/c11-7-9-3-4-10(7)6-1-2-8-5-6/h3-4,6,8H,1-2,5H2,(H,9,11). The zero-order valence-electron chi connectivity index (χ0n) is 6.21. The monoisotopic (exact) mass is 153 g/mol. The van der Waals surface area contributed by atoms with E-state index in [-0.39, 0.29) is 5.69 Å². The number of aromatic amines is 1. The van der Waals surface area contributed by atoms with Gasteiger partial charge in [-0.3, -0.25) is 4.57 Å². The highest BCUT2D eigenvalue weighted by atomic mass is 16.1. The lowest BCUT2D eigenvalue weighted by Gasteiger charge is -2.06. The lowest BCUT2D eigenvalue weighted by molar-refractivity contribution is 0.531. The van der Waals surface area contributed by atoms with Crippen molar-refractivity contribution >= 4 is 0 Å². The van der Waals surface area contributed by atoms with Crippen molar-refractivity contribution in [1.29, 1.82) is 0 Å². The van der Waals surface area contributed by atoms with Crippen LogP contribution in [0.3, 0.4) is 0 Å². The predicted molar refractivity (Wildman–Crippen MR) is 41.6 cm³/mol. The lowest BCUT2D eigenvalue weighted by atomic mass is 10.3. The van der Waals surface area contributed by atoms with Crippen LogP contribution >= 0.6 is 0 Å². The number of aromatic nitrogens is 2. The Hall–Kier alpha value is -1.03. The van der Waals surface area contributed by atoms with Crippen LogP contribution in [0.1, 0.15) is 12.5 Å². The smallest absolute Gasteiger partial charge is 0.315 e. The van der Waals surface area contributed by atoms with Crippen LogP contribution in [0.15, 0.2) is 17.2 Å². The van der Waals surface area contributed by atoms with Gasteiger partial charge in [0.25, 0.3) is 0 Å². The lowest BCUT2D eigenvalue weighted by Crippen LogP contribution is -2.23. The van der Waals surface area contributed by atoms with Crippen LogP contribution in [-0.4, -0.2) is 22.6 Å². The molecular weight excluding hydrogens is 142 g/mol. The number of H-pyrrole nitrogens is 1. The van der Waals surface area contributed by atoms with Gasteiger partial charge in [-0.25, -0.2) is 4.79 Å². The van der Waals surface area contributed by atoms with E-state index in [1.54, 1.807) is 17.0 Å². The van der Waals surface area contributed by atoms with E-state index in [1.165, 1.54) is 0 Å². The summed E-state index contributed by atoms with van der Waals surface area (Å²) >= 11 is 0. The minimum Gasteiger partial charge on any atom is -0.315 e. The number of hydrogen-bond acceptors (Lipinski definition) is 2. The largest absolute Gasteiger partial charge is 0.325 e. The van der Waals surface area contributed by atoms with Gasteiger partial charge in [-0.15, -0.1) is 0 Å². The van der Waals surface area contributed by atoms with Gasteiger partial charge >= 0.3 is 5.69 Å². The third kappa shape index (κ3) is 1.09. The Kier molecular flexibility index (Phi) is 1.54. The maximum Gasteiger partial charge on any atom is 0.325 e. The van der Waals surface area contributed by atoms with Gasteiger partial charge in [0.1, 0.15) is 0 Å². The molecule has 1 aliphatic heterocycles. The normalized spacial score (nSPS) is 24.2. The third-order valence-corrected chi connectivity index (χ3v) is 2.10. The van der Waals surface area contributed by atoms with Crippen molar-refractivity contribution in [3.8, 4) is 0 Å². The molecule has 0 aliphatic carbocycles. The quantitative estimate of drug-likeness (QED) is 0.582. The summed E-state index contributed by atoms with van der Waals surface area (Å²) in [5.74, 6) is 0. The fraction of sp³-hybridized carbons (Fsp3) is 0.571. The summed E-state index contributed by atoms with van der Waals surface area (Å²) in [5.41, 5.74) is -0.00120. The second-order valence-electron chi connectivity index (χ2n) is 2.82. The first-order valence-electron chi connectivity index (χ1n) is 3.84. The fourth-order valence-corrected chi connectivity index (χ4v) is 1.50. The van der Waals surface area contributed by atoms with E-state index in [0.29, 0.717) is 6.04 Å². The molecular formula is C7H11N3O. The highest BCUT2D eigenvalue weighted by molar-refractivity contribution is 4.85. The van der Waals surface area contributed by atoms with E-state index in [9.17, 15) is 4.79 Å². The van der Waals surface area contributed by atoms with Crippen molar-refractivity contribution in [2.45, 2.75) is 12.5 Å². The van der Waals surface area contributed by atoms with E-state index in [2.05, 4.69) is 10.3 Å². The first-order valence-corrected chi connectivity index (χ1v) is 3.84. The molecule has 1 fully saturated rings. The van der Waals surface area contributed by atoms with Gasteiger partial charge in [-0.1, -0.05) is 0 Å². The van der Waals surface area contributed by atoms with Crippen molar-refractivity contribution in [2.75, 3.05) is 13.1 Å². The Morgan fingerprint density at radius 2 is 2.55 bits per heavy atom. The number of nitrogens with zero attached hydrogens (tertiary/aromatic N) is 1. The maximum absolute atomic E-state index is 11.1. The van der Waals surface area contributed by atoms with Gasteiger partial charge in [-0.05, 0) is 13.0 Å². The van der Waals surface area contributed by atoms with Crippen LogP contribution in [0.25, 0.3) is 0 Å². The highest BCUT2D eigenvalue weighted by Gasteiger charge is 2.16. The van der Waals surface area contributed by atoms with Gasteiger partial charge in [0.15, 0.2) is 0 Å². The minimum atomic E-state index is -0.00120. The zero-order valence-corrected chi connectivity index (χ0v) is 6.21. The molecule has 4 heteroatoms. The van der Waals surface area contributed by atoms with Gasteiger partial charge < -0.3 is 10.3 Å². The van der Waals surface area contributed by atoms with Crippen molar-refractivity contribution < 1.29 is 0 Å². The number of imidazole rings is 1. The Bertz CT molecular complexity index is 282. The molecule has 1 aromatic rings. The number of rotatable bonds is 1. The van der Waals surface area contributed by atoms with Crippen molar-refractivity contribution in [3.63, 3.8) is 0 Å². The van der Waals surface area contributed by atoms with Crippen molar-refractivity contribution in [1.82, 2.24) is 14.9 Å². The molecule has 2 rings (SSSR count). The van der Waals surface area contributed by atoms with E-state index in [1.807, 2.05) is 0 Å². The molecule has 0 amide bonds. The topological polar surface area (TPSA) is 49.8 Å². The summed E-state index contributed by atoms with van der Waals surface area (Å²) in [6.45, 7) is 1.93. The molecule has 0 radical (unpaired) electrons. The molecule has 1 saturated heterocycles. The molecule has 1 atom stereocenters. The molecule has 4 nitrogen and oxygen atoms in total. The summed E-state index contributed by atoms with van der Waals surface area (Å²) in [6, 6.07) is 0.355. The minimum absolute atomic E-state index is 0.00120. The summed E-state index contributed by atoms with van der Waals surface area (Å²) in [6.07, 6.45) is 4.54. The molecule has 1 aliphatic rings. The third-order valence-electron chi connectivity index (χ3n) is 2.10. The van der Waals surface area contributed by atoms with Crippen LogP contribution in [-0.2, 0) is 0 Å². The predicted octanol–water partition coefficient (Wildman–Crippen LogP) is -0.289. The average Bonchev–Trinajstić information content (AvgIpc) is 2.55. The molecule has 0 aromatic carbocycles. The molecule has 11 heavy (non-hydrogen) atoms. The average molecular weight is 153 g/mol. The number of nitrogens with one attached hydrogen (secondary N) is 2. The Balaban J connectivity index is 2.28. The van der Waals surface area contributed by atoms with Gasteiger partial charge in [-0.2, -0.15) is 0 Å². The van der Waals surface area contributed by atoms with Crippen LogP contribution in [0.4, 0.5) is 0 Å². The molecule has 1 unspecified atom stereocenters. The van der Waals surface area contributed by atoms with E-state index >= 15 is 0 Å². The first kappa shape index (κ1) is 6.67. The van der Waals surface area contributed by atoms with Gasteiger partial charge in [0.05, 0.1) is 6.04 Å². The zero-order chi connectivity index (χ0) is 7.68. The summed E-state index contributed by atoms with van der Waals surface area (Å²) in [7, 11) is 0. The Labute approximate surface area is 64.2 Å². The molecule has 2 N–H and O–H groups in total. The fourth-order valence-electron chi connectivity index (χ4n) is 1.50. The molecule has 0 spiro atoms. The molecule has 1 aromatic heterocycles. The number of hydrogen-bond donors (Lipinski definition) is 2. The Morgan fingerprint density at radius 1 is 1.64 bits per heavy atom. The highest BCUT2D eigenvalue weighted by Crippen LogP contribution is 2.10. The van der Waals surface area contributed by atoms with Crippen LogP contribution in [0, 0.1) is 0 Å². The Morgan fingerprint density at radius 3 is 3.09 bits per heavy atom. The second kappa shape index (κ2) is 2.54. The molecule has 0 saturated carbocycles. The van der Waals surface area contributed by atoms with Crippen molar-refractivity contribution in [2.24, 2.45) is 0 Å². The molecule has 0 bridgehead atoms. The van der Waals surface area contributed by atoms with E-state index < -0.39 is 0 Å². The van der Waals surface area contributed by atoms with E-state index in [4.69, 9.17) is 0 Å². The summed E-state index contributed by atoms with van der Waals surface area (Å²) in [4.78, 5) is 13.7. The summed E-state index contributed by atoms with van der Waals surface area (Å²) < 4.78 is 1.75. The first-order chi connectivity index (χ1) is 5.38. The van der Waals surface area contributed by atoms with Crippen molar-refractivity contribution in [3.05, 3.63) is 22.9 Å².